The monoisotopic (exact) mass is 460 g/mol. The zero-order valence-electron chi connectivity index (χ0n) is 16.8. The van der Waals surface area contributed by atoms with Crippen molar-refractivity contribution in [3.63, 3.8) is 0 Å². The van der Waals surface area contributed by atoms with E-state index < -0.39 is 15.9 Å². The molecule has 8 nitrogen and oxygen atoms in total. The number of benzene rings is 2. The average molecular weight is 461 g/mol. The van der Waals surface area contributed by atoms with Crippen molar-refractivity contribution in [1.29, 1.82) is 0 Å². The molecule has 2 aromatic carbocycles. The van der Waals surface area contributed by atoms with Crippen LogP contribution in [0.4, 0.5) is 6.01 Å². The summed E-state index contributed by atoms with van der Waals surface area (Å²) in [5, 5.41) is 11.0. The van der Waals surface area contributed by atoms with Crippen molar-refractivity contribution < 1.29 is 17.6 Å². The maximum atomic E-state index is 13.0. The number of nitrogens with zero attached hydrogens (tertiary/aromatic N) is 3. The number of halogens is 1. The second-order valence-electron chi connectivity index (χ2n) is 7.42. The highest BCUT2D eigenvalue weighted by Crippen LogP contribution is 2.26. The third-order valence-corrected chi connectivity index (χ3v) is 7.29. The van der Waals surface area contributed by atoms with E-state index in [1.54, 1.807) is 48.5 Å². The van der Waals surface area contributed by atoms with Gasteiger partial charge in [0.05, 0.1) is 10.8 Å². The van der Waals surface area contributed by atoms with E-state index >= 15 is 0 Å². The number of carbonyl (C=O) groups is 1. The number of rotatable bonds is 5. The van der Waals surface area contributed by atoms with Crippen LogP contribution >= 0.6 is 11.6 Å². The fraction of sp³-hybridized carbons (Fsp3) is 0.286. The molecule has 0 aliphatic carbocycles. The van der Waals surface area contributed by atoms with Crippen molar-refractivity contribution in [2.45, 2.75) is 24.7 Å². The molecule has 0 radical (unpaired) electrons. The molecule has 1 aromatic heterocycles. The number of nitrogens with one attached hydrogen (secondary N) is 1. The van der Waals surface area contributed by atoms with Gasteiger partial charge in [-0.25, -0.2) is 8.42 Å². The van der Waals surface area contributed by atoms with Crippen LogP contribution < -0.4 is 5.32 Å². The lowest BCUT2D eigenvalue weighted by Crippen LogP contribution is -2.43. The Kier molecular flexibility index (Phi) is 6.08. The van der Waals surface area contributed by atoms with Crippen LogP contribution in [-0.2, 0) is 14.8 Å². The van der Waals surface area contributed by atoms with Gasteiger partial charge in [0.2, 0.25) is 21.8 Å². The van der Waals surface area contributed by atoms with Crippen LogP contribution in [0.3, 0.4) is 0 Å². The van der Waals surface area contributed by atoms with Crippen molar-refractivity contribution in [2.24, 2.45) is 5.92 Å². The highest BCUT2D eigenvalue weighted by molar-refractivity contribution is 7.89. The number of hydrogen-bond donors (Lipinski definition) is 1. The largest absolute Gasteiger partial charge is 0.403 e. The molecule has 1 N–H and O–H groups in total. The topological polar surface area (TPSA) is 105 Å². The Hall–Kier alpha value is -2.75. The molecule has 0 bridgehead atoms. The van der Waals surface area contributed by atoms with Gasteiger partial charge >= 0.3 is 6.01 Å². The highest BCUT2D eigenvalue weighted by atomic mass is 35.5. The summed E-state index contributed by atoms with van der Waals surface area (Å²) in [6.07, 6.45) is 1.16. The van der Waals surface area contributed by atoms with Crippen molar-refractivity contribution in [1.82, 2.24) is 14.5 Å². The molecule has 0 spiro atoms. The van der Waals surface area contributed by atoms with Crippen molar-refractivity contribution in [3.8, 4) is 11.5 Å². The van der Waals surface area contributed by atoms with Gasteiger partial charge < -0.3 is 4.42 Å². The first-order valence-electron chi connectivity index (χ1n) is 9.80. The predicted octanol–water partition coefficient (Wildman–Crippen LogP) is 3.74. The summed E-state index contributed by atoms with van der Waals surface area (Å²) in [6, 6.07) is 13.5. The molecule has 1 amide bonds. The summed E-state index contributed by atoms with van der Waals surface area (Å²) in [6.45, 7) is 2.37. The van der Waals surface area contributed by atoms with Crippen LogP contribution in [-0.4, -0.2) is 41.9 Å². The Morgan fingerprint density at radius 2 is 1.84 bits per heavy atom. The molecule has 1 atom stereocenters. The van der Waals surface area contributed by atoms with Crippen molar-refractivity contribution in [2.75, 3.05) is 18.4 Å². The maximum absolute atomic E-state index is 13.0. The zero-order chi connectivity index (χ0) is 22.0. The lowest BCUT2D eigenvalue weighted by molar-refractivity contribution is -0.121. The van der Waals surface area contributed by atoms with Crippen LogP contribution in [0, 0.1) is 12.8 Å². The molecule has 1 fully saturated rings. The number of carbonyl (C=O) groups excluding carboxylic acids is 1. The molecule has 162 valence electrons. The van der Waals surface area contributed by atoms with Gasteiger partial charge in [0, 0.05) is 23.7 Å². The van der Waals surface area contributed by atoms with E-state index in [9.17, 15) is 13.2 Å². The number of aromatic nitrogens is 2. The van der Waals surface area contributed by atoms with Crippen LogP contribution in [0.5, 0.6) is 0 Å². The Morgan fingerprint density at radius 1 is 1.13 bits per heavy atom. The minimum atomic E-state index is -3.66. The average Bonchev–Trinajstić information content (AvgIpc) is 3.23. The first-order valence-corrected chi connectivity index (χ1v) is 11.6. The van der Waals surface area contributed by atoms with Crippen LogP contribution in [0.15, 0.2) is 57.8 Å². The van der Waals surface area contributed by atoms with E-state index in [0.717, 1.165) is 5.56 Å². The third-order valence-electron chi connectivity index (χ3n) is 5.16. The summed E-state index contributed by atoms with van der Waals surface area (Å²) in [5.41, 5.74) is 1.65. The molecule has 3 aromatic rings. The smallest absolute Gasteiger partial charge is 0.322 e. The van der Waals surface area contributed by atoms with E-state index in [1.807, 2.05) is 6.92 Å². The van der Waals surface area contributed by atoms with Crippen molar-refractivity contribution in [3.05, 3.63) is 59.1 Å². The Morgan fingerprint density at radius 3 is 2.55 bits per heavy atom. The second-order valence-corrected chi connectivity index (χ2v) is 9.80. The summed E-state index contributed by atoms with van der Waals surface area (Å²) < 4.78 is 32.8. The van der Waals surface area contributed by atoms with Gasteiger partial charge in [-0.2, -0.15) is 4.31 Å². The van der Waals surface area contributed by atoms with Gasteiger partial charge in [-0.1, -0.05) is 34.4 Å². The summed E-state index contributed by atoms with van der Waals surface area (Å²) in [7, 11) is -3.66. The molecule has 0 saturated carbocycles. The number of anilines is 1. The van der Waals surface area contributed by atoms with E-state index in [0.29, 0.717) is 30.0 Å². The number of amides is 1. The highest BCUT2D eigenvalue weighted by Gasteiger charge is 2.33. The molecule has 1 unspecified atom stereocenters. The molecular weight excluding hydrogens is 440 g/mol. The first-order chi connectivity index (χ1) is 14.8. The minimum absolute atomic E-state index is 0.0338. The maximum Gasteiger partial charge on any atom is 0.322 e. The molecule has 4 rings (SSSR count). The van der Waals surface area contributed by atoms with Gasteiger partial charge in [-0.3, -0.25) is 10.1 Å². The second kappa shape index (κ2) is 8.78. The fourth-order valence-electron chi connectivity index (χ4n) is 3.42. The molecule has 1 aliphatic rings. The zero-order valence-corrected chi connectivity index (χ0v) is 18.4. The number of sulfonamides is 1. The molecule has 31 heavy (non-hydrogen) atoms. The van der Waals surface area contributed by atoms with E-state index in [1.165, 1.54) is 4.31 Å². The molecular formula is C21H21ClN4O4S. The predicted molar refractivity (Wildman–Crippen MR) is 116 cm³/mol. The van der Waals surface area contributed by atoms with Gasteiger partial charge in [0.1, 0.15) is 0 Å². The Balaban J connectivity index is 1.43. The molecule has 10 heteroatoms. The lowest BCUT2D eigenvalue weighted by atomic mass is 9.99. The summed E-state index contributed by atoms with van der Waals surface area (Å²) >= 11 is 5.88. The standard InChI is InChI=1S/C21H21ClN4O4S/c1-14-4-10-18(11-5-14)31(28,29)26-12-2-3-16(13-26)19(27)23-21-25-24-20(30-21)15-6-8-17(22)9-7-15/h4-11,16H,2-3,12-13H2,1H3,(H,23,25,27). The van der Waals surface area contributed by atoms with E-state index in [-0.39, 0.29) is 29.3 Å². The molecule has 1 saturated heterocycles. The van der Waals surface area contributed by atoms with Crippen molar-refractivity contribution >= 4 is 33.5 Å². The molecule has 2 heterocycles. The summed E-state index contributed by atoms with van der Waals surface area (Å²) in [4.78, 5) is 13.0. The number of aryl methyl sites for hydroxylation is 1. The summed E-state index contributed by atoms with van der Waals surface area (Å²) in [5.74, 6) is -0.617. The first kappa shape index (κ1) is 21.5. The van der Waals surface area contributed by atoms with Gasteiger partial charge in [-0.05, 0) is 56.2 Å². The molecule has 1 aliphatic heterocycles. The lowest BCUT2D eigenvalue weighted by Gasteiger charge is -2.30. The van der Waals surface area contributed by atoms with Crippen LogP contribution in [0.2, 0.25) is 5.02 Å². The number of hydrogen-bond acceptors (Lipinski definition) is 6. The van der Waals surface area contributed by atoms with Crippen LogP contribution in [0.1, 0.15) is 18.4 Å². The van der Waals surface area contributed by atoms with E-state index in [2.05, 4.69) is 15.5 Å². The van der Waals surface area contributed by atoms with Gasteiger partial charge in [0.25, 0.3) is 0 Å². The Labute approximate surface area is 185 Å². The van der Waals surface area contributed by atoms with Gasteiger partial charge in [-0.15, -0.1) is 5.10 Å². The quantitative estimate of drug-likeness (QED) is 0.621. The Bertz CT molecular complexity index is 1180. The number of piperidine rings is 1. The third kappa shape index (κ3) is 4.79. The minimum Gasteiger partial charge on any atom is -0.403 e. The normalized spacial score (nSPS) is 17.4. The fourth-order valence-corrected chi connectivity index (χ4v) is 5.07. The van der Waals surface area contributed by atoms with Crippen LogP contribution in [0.25, 0.3) is 11.5 Å². The SMILES string of the molecule is Cc1ccc(S(=O)(=O)N2CCCC(C(=O)Nc3nnc(-c4ccc(Cl)cc4)o3)C2)cc1. The van der Waals surface area contributed by atoms with Gasteiger partial charge in [0.15, 0.2) is 0 Å². The van der Waals surface area contributed by atoms with E-state index in [4.69, 9.17) is 16.0 Å².